The summed E-state index contributed by atoms with van der Waals surface area (Å²) in [5.74, 6) is -9.33. The van der Waals surface area contributed by atoms with Crippen LogP contribution in [0.5, 0.6) is 5.75 Å². The van der Waals surface area contributed by atoms with Gasteiger partial charge in [0.1, 0.15) is 6.10 Å². The summed E-state index contributed by atoms with van der Waals surface area (Å²) in [6.45, 7) is 1.64. The van der Waals surface area contributed by atoms with Crippen LogP contribution in [-0.4, -0.2) is 29.3 Å². The number of aromatic nitrogens is 1. The first-order valence-electron chi connectivity index (χ1n) is 8.60. The van der Waals surface area contributed by atoms with Crippen molar-refractivity contribution in [1.82, 2.24) is 4.98 Å². The third kappa shape index (κ3) is 3.66. The second-order valence-electron chi connectivity index (χ2n) is 6.18. The van der Waals surface area contributed by atoms with Crippen molar-refractivity contribution >= 4 is 5.97 Å². The van der Waals surface area contributed by atoms with Gasteiger partial charge in [-0.2, -0.15) is 22.5 Å². The number of hydrogen-bond acceptors (Lipinski definition) is 5. The minimum Gasteiger partial charge on any atom is -0.480 e. The van der Waals surface area contributed by atoms with Gasteiger partial charge in [0.25, 0.3) is 11.9 Å². The third-order valence-corrected chi connectivity index (χ3v) is 4.48. The van der Waals surface area contributed by atoms with E-state index in [1.54, 1.807) is 37.3 Å². The fraction of sp³-hybridized carbons (Fsp3) is 0.368. The Morgan fingerprint density at radius 3 is 2.32 bits per heavy atom. The van der Waals surface area contributed by atoms with E-state index in [-0.39, 0.29) is 26.1 Å². The van der Waals surface area contributed by atoms with Crippen LogP contribution in [0, 0.1) is 23.5 Å². The molecule has 3 rings (SSSR count). The zero-order valence-corrected chi connectivity index (χ0v) is 14.9. The number of carbonyl (C=O) groups is 1. The fourth-order valence-corrected chi connectivity index (χ4v) is 2.89. The molecule has 1 saturated carbocycles. The maximum absolute atomic E-state index is 13.9. The van der Waals surface area contributed by atoms with Crippen LogP contribution in [0.3, 0.4) is 0 Å². The van der Waals surface area contributed by atoms with Crippen molar-refractivity contribution in [3.63, 3.8) is 0 Å². The Balaban J connectivity index is 1.86. The van der Waals surface area contributed by atoms with Crippen molar-refractivity contribution in [2.24, 2.45) is 0 Å². The van der Waals surface area contributed by atoms with Gasteiger partial charge in [0.2, 0.25) is 23.0 Å². The number of nitrogens with zero attached hydrogens (tertiary/aromatic N) is 1. The van der Waals surface area contributed by atoms with Crippen LogP contribution in [-0.2, 0) is 20.9 Å². The molecule has 9 heteroatoms. The van der Waals surface area contributed by atoms with Gasteiger partial charge in [0.05, 0.1) is 13.2 Å². The van der Waals surface area contributed by atoms with Crippen molar-refractivity contribution in [1.29, 1.82) is 0 Å². The lowest BCUT2D eigenvalue weighted by Gasteiger charge is -2.45. The Hall–Kier alpha value is -2.68. The number of carbonyl (C=O) groups excluding carboxylic acids is 1. The van der Waals surface area contributed by atoms with Crippen molar-refractivity contribution < 1.29 is 36.6 Å². The molecule has 0 radical (unpaired) electrons. The molecule has 5 nitrogen and oxygen atoms in total. The molecule has 1 aromatic carbocycles. The molecule has 0 N–H and O–H groups in total. The van der Waals surface area contributed by atoms with E-state index < -0.39 is 47.0 Å². The first kappa shape index (κ1) is 20.1. The van der Waals surface area contributed by atoms with Crippen LogP contribution in [0.15, 0.2) is 30.3 Å². The molecular formula is C19H17F4NO4. The lowest BCUT2D eigenvalue weighted by molar-refractivity contribution is -0.213. The average Bonchev–Trinajstić information content (AvgIpc) is 2.67. The quantitative estimate of drug-likeness (QED) is 0.404. The standard InChI is InChI=1S/C19H17F4NO4/c1-2-26-18(25)19(27-10-11-6-4-3-5-7-11)9-8-12(19)28-15-13(20)16(22)24-17(23)14(15)21/h3-7,12H,2,8-10H2,1H3. The summed E-state index contributed by atoms with van der Waals surface area (Å²) < 4.78 is 70.4. The smallest absolute Gasteiger partial charge is 0.342 e. The van der Waals surface area contributed by atoms with E-state index in [1.807, 2.05) is 0 Å². The highest BCUT2D eigenvalue weighted by Crippen LogP contribution is 2.42. The van der Waals surface area contributed by atoms with Crippen LogP contribution in [0.1, 0.15) is 25.3 Å². The van der Waals surface area contributed by atoms with E-state index >= 15 is 0 Å². The van der Waals surface area contributed by atoms with E-state index in [1.165, 1.54) is 0 Å². The number of halogens is 4. The van der Waals surface area contributed by atoms with Gasteiger partial charge in [-0.25, -0.2) is 4.79 Å². The number of hydrogen-bond donors (Lipinski definition) is 0. The first-order valence-corrected chi connectivity index (χ1v) is 8.60. The Morgan fingerprint density at radius 1 is 1.14 bits per heavy atom. The normalized spacial score (nSPS) is 21.1. The summed E-state index contributed by atoms with van der Waals surface area (Å²) in [4.78, 5) is 15.0. The van der Waals surface area contributed by atoms with Crippen molar-refractivity contribution in [2.45, 2.75) is 38.1 Å². The van der Waals surface area contributed by atoms with E-state index in [9.17, 15) is 22.4 Å². The fourth-order valence-electron chi connectivity index (χ4n) is 2.89. The molecule has 2 unspecified atom stereocenters. The molecule has 2 aromatic rings. The summed E-state index contributed by atoms with van der Waals surface area (Å²) in [5, 5.41) is 0. The number of esters is 1. The maximum atomic E-state index is 13.9. The van der Waals surface area contributed by atoms with Gasteiger partial charge < -0.3 is 14.2 Å². The van der Waals surface area contributed by atoms with Crippen LogP contribution < -0.4 is 4.74 Å². The predicted molar refractivity (Wildman–Crippen MR) is 88.3 cm³/mol. The number of benzene rings is 1. The molecule has 0 amide bonds. The molecule has 2 atom stereocenters. The van der Waals surface area contributed by atoms with Crippen molar-refractivity contribution in [3.05, 3.63) is 59.4 Å². The molecule has 1 heterocycles. The van der Waals surface area contributed by atoms with Crippen molar-refractivity contribution in [2.75, 3.05) is 6.61 Å². The second kappa shape index (κ2) is 8.14. The summed E-state index contributed by atoms with van der Waals surface area (Å²) in [6, 6.07) is 8.88. The van der Waals surface area contributed by atoms with Crippen LogP contribution >= 0.6 is 0 Å². The van der Waals surface area contributed by atoms with Gasteiger partial charge in [-0.3, -0.25) is 0 Å². The van der Waals surface area contributed by atoms with Gasteiger partial charge in [-0.05, 0) is 25.3 Å². The molecule has 1 fully saturated rings. The first-order chi connectivity index (χ1) is 13.4. The molecule has 1 aliphatic rings. The Morgan fingerprint density at radius 2 is 1.79 bits per heavy atom. The predicted octanol–water partition coefficient (Wildman–Crippen LogP) is 3.70. The minimum absolute atomic E-state index is 0.00352. The SMILES string of the molecule is CCOC(=O)C1(OCc2ccccc2)CCC1Oc1c(F)c(F)nc(F)c1F. The summed E-state index contributed by atoms with van der Waals surface area (Å²) in [7, 11) is 0. The van der Waals surface area contributed by atoms with Crippen molar-refractivity contribution in [3.8, 4) is 5.75 Å². The van der Waals surface area contributed by atoms with E-state index in [0.29, 0.717) is 0 Å². The van der Waals surface area contributed by atoms with Gasteiger partial charge in [0, 0.05) is 0 Å². The lowest BCUT2D eigenvalue weighted by atomic mass is 9.76. The van der Waals surface area contributed by atoms with Crippen LogP contribution in [0.4, 0.5) is 17.6 Å². The second-order valence-corrected chi connectivity index (χ2v) is 6.18. The molecule has 0 saturated heterocycles. The average molecular weight is 399 g/mol. The zero-order chi connectivity index (χ0) is 20.3. The summed E-state index contributed by atoms with van der Waals surface area (Å²) >= 11 is 0. The molecule has 0 aliphatic heterocycles. The third-order valence-electron chi connectivity index (χ3n) is 4.48. The van der Waals surface area contributed by atoms with Gasteiger partial charge in [-0.1, -0.05) is 30.3 Å². The molecule has 0 spiro atoms. The van der Waals surface area contributed by atoms with E-state index in [2.05, 4.69) is 4.98 Å². The van der Waals surface area contributed by atoms with E-state index in [0.717, 1.165) is 5.56 Å². The highest BCUT2D eigenvalue weighted by Gasteiger charge is 2.58. The molecule has 28 heavy (non-hydrogen) atoms. The lowest BCUT2D eigenvalue weighted by Crippen LogP contribution is -2.62. The van der Waals surface area contributed by atoms with Gasteiger partial charge in [0.15, 0.2) is 0 Å². The molecule has 0 bridgehead atoms. The monoisotopic (exact) mass is 399 g/mol. The Labute approximate surface area is 158 Å². The molecule has 1 aromatic heterocycles. The molecule has 150 valence electrons. The summed E-state index contributed by atoms with van der Waals surface area (Å²) in [6.07, 6.45) is -0.874. The largest absolute Gasteiger partial charge is 0.480 e. The Kier molecular flexibility index (Phi) is 5.83. The van der Waals surface area contributed by atoms with E-state index in [4.69, 9.17) is 14.2 Å². The van der Waals surface area contributed by atoms with Gasteiger partial charge in [-0.15, -0.1) is 0 Å². The maximum Gasteiger partial charge on any atom is 0.342 e. The van der Waals surface area contributed by atoms with Crippen LogP contribution in [0.25, 0.3) is 0 Å². The molecule has 1 aliphatic carbocycles. The number of pyridine rings is 1. The van der Waals surface area contributed by atoms with Crippen LogP contribution in [0.2, 0.25) is 0 Å². The highest BCUT2D eigenvalue weighted by atomic mass is 19.2. The number of rotatable bonds is 7. The topological polar surface area (TPSA) is 57.7 Å². The Bertz CT molecular complexity index is 839. The highest BCUT2D eigenvalue weighted by molar-refractivity contribution is 5.82. The van der Waals surface area contributed by atoms with Gasteiger partial charge >= 0.3 is 5.97 Å². The summed E-state index contributed by atoms with van der Waals surface area (Å²) in [5.41, 5.74) is -0.906. The zero-order valence-electron chi connectivity index (χ0n) is 14.9. The minimum atomic E-state index is -1.85. The molecular weight excluding hydrogens is 382 g/mol. The number of ether oxygens (including phenoxy) is 3.